The quantitative estimate of drug-likeness (QED) is 0.777. The van der Waals surface area contributed by atoms with Crippen molar-refractivity contribution in [1.82, 2.24) is 4.90 Å². The Kier molecular flexibility index (Phi) is 5.12. The van der Waals surface area contributed by atoms with Gasteiger partial charge in [-0.2, -0.15) is 8.42 Å². The van der Waals surface area contributed by atoms with Gasteiger partial charge in [-0.1, -0.05) is 46.8 Å². The standard InChI is InChI=1S/C20H27N3O4S/c1-12(2)10-11-23-17(20(3,4)5)16(24)15(19(23)25)18-21-13-8-6-7-9-14(13)28(26,27)22-18/h6-9,12,15,17H,10-11H2,1-5H3,(H,21,22)/t15?,17-/m1/s1. The molecule has 3 rings (SSSR count). The molecule has 0 spiro atoms. The zero-order valence-electron chi connectivity index (χ0n) is 16.9. The minimum absolute atomic E-state index is 0.0423. The number of fused-ring (bicyclic) bond motifs is 1. The summed E-state index contributed by atoms with van der Waals surface area (Å²) in [4.78, 5) is 28.1. The maximum absolute atomic E-state index is 13.3. The van der Waals surface area contributed by atoms with Crippen molar-refractivity contribution in [2.24, 2.45) is 21.6 Å². The fourth-order valence-corrected chi connectivity index (χ4v) is 4.92. The number of rotatable bonds is 4. The van der Waals surface area contributed by atoms with Crippen LogP contribution < -0.4 is 5.32 Å². The first kappa shape index (κ1) is 20.5. The monoisotopic (exact) mass is 405 g/mol. The van der Waals surface area contributed by atoms with Gasteiger partial charge in [0.25, 0.3) is 10.0 Å². The molecule has 2 atom stereocenters. The molecule has 0 aliphatic carbocycles. The van der Waals surface area contributed by atoms with Crippen molar-refractivity contribution in [3.05, 3.63) is 24.3 Å². The smallest absolute Gasteiger partial charge is 0.286 e. The third kappa shape index (κ3) is 3.57. The Labute approximate surface area is 166 Å². The van der Waals surface area contributed by atoms with Gasteiger partial charge >= 0.3 is 0 Å². The summed E-state index contributed by atoms with van der Waals surface area (Å²) in [6, 6.07) is 5.73. The van der Waals surface area contributed by atoms with Gasteiger partial charge in [0.2, 0.25) is 5.91 Å². The molecule has 1 amide bonds. The predicted molar refractivity (Wildman–Crippen MR) is 108 cm³/mol. The van der Waals surface area contributed by atoms with Gasteiger partial charge in [-0.15, -0.1) is 4.40 Å². The maximum Gasteiger partial charge on any atom is 0.286 e. The number of nitrogens with zero attached hydrogens (tertiary/aromatic N) is 2. The van der Waals surface area contributed by atoms with Gasteiger partial charge in [0.05, 0.1) is 11.7 Å². The molecular weight excluding hydrogens is 378 g/mol. The van der Waals surface area contributed by atoms with Crippen molar-refractivity contribution in [1.29, 1.82) is 0 Å². The minimum Gasteiger partial charge on any atom is -0.341 e. The fraction of sp³-hybridized carbons (Fsp3) is 0.550. The molecular formula is C20H27N3O4S. The van der Waals surface area contributed by atoms with Gasteiger partial charge in [0, 0.05) is 6.54 Å². The largest absolute Gasteiger partial charge is 0.341 e. The van der Waals surface area contributed by atoms with E-state index in [2.05, 4.69) is 23.6 Å². The Morgan fingerprint density at radius 1 is 1.18 bits per heavy atom. The lowest BCUT2D eigenvalue weighted by atomic mass is 9.82. The van der Waals surface area contributed by atoms with Gasteiger partial charge in [0.1, 0.15) is 10.7 Å². The van der Waals surface area contributed by atoms with Crippen LogP contribution >= 0.6 is 0 Å². The van der Waals surface area contributed by atoms with Crippen LogP contribution in [0, 0.1) is 17.3 Å². The highest BCUT2D eigenvalue weighted by atomic mass is 32.2. The van der Waals surface area contributed by atoms with Crippen LogP contribution in [0.15, 0.2) is 33.6 Å². The Balaban J connectivity index is 2.02. The normalized spacial score (nSPS) is 24.2. The Bertz CT molecular complexity index is 944. The predicted octanol–water partition coefficient (Wildman–Crippen LogP) is 2.69. The zero-order valence-corrected chi connectivity index (χ0v) is 17.7. The number of nitrogens with one attached hydrogen (secondary N) is 1. The molecule has 7 nitrogen and oxygen atoms in total. The highest BCUT2D eigenvalue weighted by molar-refractivity contribution is 7.90. The molecule has 152 valence electrons. The van der Waals surface area contributed by atoms with Gasteiger partial charge in [-0.25, -0.2) is 0 Å². The number of para-hydroxylation sites is 1. The first-order valence-electron chi connectivity index (χ1n) is 9.48. The lowest BCUT2D eigenvalue weighted by Gasteiger charge is -2.33. The van der Waals surface area contributed by atoms with Crippen molar-refractivity contribution < 1.29 is 18.0 Å². The number of amidine groups is 1. The van der Waals surface area contributed by atoms with Crippen LogP contribution in [0.3, 0.4) is 0 Å². The number of anilines is 1. The molecule has 1 aromatic rings. The molecule has 1 unspecified atom stereocenters. The summed E-state index contributed by atoms with van der Waals surface area (Å²) in [6.45, 7) is 10.3. The van der Waals surface area contributed by atoms with E-state index >= 15 is 0 Å². The molecule has 28 heavy (non-hydrogen) atoms. The van der Waals surface area contributed by atoms with Crippen LogP contribution in [0.5, 0.6) is 0 Å². The van der Waals surface area contributed by atoms with Gasteiger partial charge < -0.3 is 10.2 Å². The van der Waals surface area contributed by atoms with Crippen molar-refractivity contribution in [3.8, 4) is 0 Å². The van der Waals surface area contributed by atoms with Crippen LogP contribution in [0.4, 0.5) is 5.69 Å². The highest BCUT2D eigenvalue weighted by Gasteiger charge is 2.54. The summed E-state index contributed by atoms with van der Waals surface area (Å²) in [5, 5.41) is 2.92. The van der Waals surface area contributed by atoms with E-state index in [1.165, 1.54) is 6.07 Å². The van der Waals surface area contributed by atoms with Gasteiger partial charge in [-0.05, 0) is 29.9 Å². The molecule has 1 N–H and O–H groups in total. The fourth-order valence-electron chi connectivity index (χ4n) is 3.77. The van der Waals surface area contributed by atoms with E-state index in [1.807, 2.05) is 20.8 Å². The van der Waals surface area contributed by atoms with Crippen molar-refractivity contribution in [3.63, 3.8) is 0 Å². The lowest BCUT2D eigenvalue weighted by molar-refractivity contribution is -0.131. The van der Waals surface area contributed by atoms with Crippen LogP contribution in [0.1, 0.15) is 41.0 Å². The number of benzene rings is 1. The number of amides is 1. The molecule has 2 heterocycles. The van der Waals surface area contributed by atoms with E-state index in [0.29, 0.717) is 18.2 Å². The first-order valence-corrected chi connectivity index (χ1v) is 10.9. The molecule has 0 aromatic heterocycles. The molecule has 2 aliphatic heterocycles. The maximum atomic E-state index is 13.3. The zero-order chi connectivity index (χ0) is 20.9. The third-order valence-electron chi connectivity index (χ3n) is 5.08. The molecule has 8 heteroatoms. The number of carbonyl (C=O) groups excluding carboxylic acids is 2. The van der Waals surface area contributed by atoms with Crippen LogP contribution in [0.2, 0.25) is 0 Å². The summed E-state index contributed by atoms with van der Waals surface area (Å²) in [5.74, 6) is -1.64. The Morgan fingerprint density at radius 3 is 2.43 bits per heavy atom. The van der Waals surface area contributed by atoms with E-state index in [0.717, 1.165) is 6.42 Å². The van der Waals surface area contributed by atoms with Gasteiger partial charge in [-0.3, -0.25) is 9.59 Å². The lowest BCUT2D eigenvalue weighted by Crippen LogP contribution is -2.45. The summed E-state index contributed by atoms with van der Waals surface area (Å²) in [7, 11) is -3.97. The second kappa shape index (κ2) is 6.99. The Hall–Kier alpha value is -2.22. The van der Waals surface area contributed by atoms with E-state index < -0.39 is 27.4 Å². The number of Topliss-reactive ketones (excluding diaryl/α,β-unsaturated/α-hetero) is 1. The third-order valence-corrected chi connectivity index (χ3v) is 6.43. The number of hydrogen-bond donors (Lipinski definition) is 1. The number of carbonyl (C=O) groups is 2. The van der Waals surface area contributed by atoms with Crippen molar-refractivity contribution in [2.45, 2.75) is 52.0 Å². The summed E-state index contributed by atoms with van der Waals surface area (Å²) < 4.78 is 28.9. The second-order valence-electron chi connectivity index (χ2n) is 8.89. The minimum atomic E-state index is -3.97. The highest BCUT2D eigenvalue weighted by Crippen LogP contribution is 2.37. The molecule has 0 bridgehead atoms. The number of likely N-dealkylation sites (tertiary alicyclic amines) is 1. The van der Waals surface area contributed by atoms with Crippen molar-refractivity contribution in [2.75, 3.05) is 11.9 Å². The van der Waals surface area contributed by atoms with E-state index in [1.54, 1.807) is 23.1 Å². The van der Waals surface area contributed by atoms with Crippen LogP contribution in [-0.4, -0.2) is 43.4 Å². The summed E-state index contributed by atoms with van der Waals surface area (Å²) in [5.41, 5.74) is -0.133. The van der Waals surface area contributed by atoms with E-state index in [9.17, 15) is 18.0 Å². The first-order chi connectivity index (χ1) is 12.9. The van der Waals surface area contributed by atoms with E-state index in [4.69, 9.17) is 0 Å². The van der Waals surface area contributed by atoms with Crippen LogP contribution in [0.25, 0.3) is 0 Å². The number of hydrogen-bond acceptors (Lipinski definition) is 5. The molecule has 2 aliphatic rings. The second-order valence-corrected chi connectivity index (χ2v) is 10.5. The number of sulfonamides is 1. The summed E-state index contributed by atoms with van der Waals surface area (Å²) >= 11 is 0. The summed E-state index contributed by atoms with van der Waals surface area (Å²) in [6.07, 6.45) is 0.763. The molecule has 0 radical (unpaired) electrons. The van der Waals surface area contributed by atoms with E-state index in [-0.39, 0.29) is 22.4 Å². The topological polar surface area (TPSA) is 95.9 Å². The molecule has 1 saturated heterocycles. The molecule has 1 fully saturated rings. The van der Waals surface area contributed by atoms with Crippen molar-refractivity contribution >= 4 is 33.2 Å². The SMILES string of the molecule is CC(C)CCN1C(=O)C(C2=NS(=O)(=O)c3ccccc3N2)C(=O)[C@@H]1C(C)(C)C. The van der Waals surface area contributed by atoms with Gasteiger partial charge in [0.15, 0.2) is 11.7 Å². The van der Waals surface area contributed by atoms with Crippen LogP contribution in [-0.2, 0) is 19.6 Å². The molecule has 1 aromatic carbocycles. The number of ketones is 1. The molecule has 0 saturated carbocycles. The Morgan fingerprint density at radius 2 is 1.82 bits per heavy atom. The average Bonchev–Trinajstić information content (AvgIpc) is 2.82. The average molecular weight is 406 g/mol.